The Morgan fingerprint density at radius 1 is 1.10 bits per heavy atom. The lowest BCUT2D eigenvalue weighted by Crippen LogP contribution is -2.50. The highest BCUT2D eigenvalue weighted by Crippen LogP contribution is 2.31. The maximum atomic E-state index is 12.9. The minimum Gasteiger partial charge on any atom is -0.378 e. The van der Waals surface area contributed by atoms with Crippen molar-refractivity contribution in [3.05, 3.63) is 41.2 Å². The van der Waals surface area contributed by atoms with Crippen LogP contribution in [0.4, 0.5) is 0 Å². The summed E-state index contributed by atoms with van der Waals surface area (Å²) in [4.78, 5) is 14.5. The third-order valence-corrected chi connectivity index (χ3v) is 7.77. The number of carbonyl (C=O) groups excluding carboxylic acids is 1. The van der Waals surface area contributed by atoms with Crippen molar-refractivity contribution < 1.29 is 17.9 Å². The second-order valence-electron chi connectivity index (χ2n) is 7.75. The molecular formula is C19H23N5O4S. The zero-order valence-electron chi connectivity index (χ0n) is 16.0. The van der Waals surface area contributed by atoms with Crippen molar-refractivity contribution in [3.63, 3.8) is 0 Å². The average Bonchev–Trinajstić information content (AvgIpc) is 3.36. The third-order valence-electron chi connectivity index (χ3n) is 5.94. The van der Waals surface area contributed by atoms with E-state index < -0.39 is 10.0 Å². The van der Waals surface area contributed by atoms with Crippen LogP contribution < -0.4 is 0 Å². The second kappa shape index (κ2) is 7.19. The molecule has 1 amide bonds. The van der Waals surface area contributed by atoms with E-state index in [4.69, 9.17) is 4.74 Å². The number of rotatable bonds is 4. The van der Waals surface area contributed by atoms with Crippen LogP contribution >= 0.6 is 0 Å². The molecule has 29 heavy (non-hydrogen) atoms. The molecule has 2 saturated heterocycles. The van der Waals surface area contributed by atoms with E-state index in [0.29, 0.717) is 44.3 Å². The van der Waals surface area contributed by atoms with Gasteiger partial charge in [0, 0.05) is 26.2 Å². The van der Waals surface area contributed by atoms with Gasteiger partial charge >= 0.3 is 0 Å². The van der Waals surface area contributed by atoms with Crippen molar-refractivity contribution in [1.29, 1.82) is 0 Å². The molecule has 2 aliphatic heterocycles. The molecule has 5 rings (SSSR count). The van der Waals surface area contributed by atoms with Gasteiger partial charge in [0.1, 0.15) is 0 Å². The van der Waals surface area contributed by atoms with Gasteiger partial charge in [0.15, 0.2) is 5.69 Å². The highest BCUT2D eigenvalue weighted by Gasteiger charge is 2.39. The monoisotopic (exact) mass is 417 g/mol. The van der Waals surface area contributed by atoms with Crippen molar-refractivity contribution >= 4 is 15.9 Å². The number of hydrogen-bond donors (Lipinski definition) is 0. The number of aromatic nitrogens is 3. The molecule has 0 saturated carbocycles. The zero-order valence-corrected chi connectivity index (χ0v) is 16.8. The predicted molar refractivity (Wildman–Crippen MR) is 103 cm³/mol. The largest absolute Gasteiger partial charge is 0.378 e. The number of nitrogens with zero attached hydrogens (tertiary/aromatic N) is 5. The van der Waals surface area contributed by atoms with Crippen LogP contribution in [0.5, 0.6) is 0 Å². The highest BCUT2D eigenvalue weighted by atomic mass is 32.2. The molecular weight excluding hydrogens is 394 g/mol. The Hall–Kier alpha value is -2.30. The number of carbonyl (C=O) groups is 1. The van der Waals surface area contributed by atoms with E-state index in [2.05, 4.69) is 10.3 Å². The Bertz CT molecular complexity index is 1040. The molecule has 9 nitrogen and oxygen atoms in total. The SMILES string of the molecule is O=C(c1cn(C2CN(S(=O)(=O)c3ccc4c(c3)CCC4)C2)nn1)N1CCOCC1. The van der Waals surface area contributed by atoms with E-state index in [1.165, 1.54) is 9.87 Å². The van der Waals surface area contributed by atoms with Gasteiger partial charge < -0.3 is 9.64 Å². The van der Waals surface area contributed by atoms with Crippen molar-refractivity contribution in [3.8, 4) is 0 Å². The smallest absolute Gasteiger partial charge is 0.276 e. The van der Waals surface area contributed by atoms with Crippen LogP contribution in [0.3, 0.4) is 0 Å². The number of benzene rings is 1. The first-order chi connectivity index (χ1) is 14.0. The molecule has 154 valence electrons. The van der Waals surface area contributed by atoms with Crippen LogP contribution in [0, 0.1) is 0 Å². The molecule has 0 bridgehead atoms. The average molecular weight is 417 g/mol. The number of fused-ring (bicyclic) bond motifs is 1. The topological polar surface area (TPSA) is 97.6 Å². The summed E-state index contributed by atoms with van der Waals surface area (Å²) in [5.74, 6) is -0.165. The quantitative estimate of drug-likeness (QED) is 0.718. The number of ether oxygens (including phenoxy) is 1. The third kappa shape index (κ3) is 3.34. The number of hydrogen-bond acceptors (Lipinski definition) is 6. The lowest BCUT2D eigenvalue weighted by atomic mass is 10.1. The Morgan fingerprint density at radius 2 is 1.86 bits per heavy atom. The molecule has 1 aromatic heterocycles. The summed E-state index contributed by atoms with van der Waals surface area (Å²) in [5.41, 5.74) is 2.68. The maximum absolute atomic E-state index is 12.9. The summed E-state index contributed by atoms with van der Waals surface area (Å²) in [6, 6.07) is 5.35. The van der Waals surface area contributed by atoms with Crippen molar-refractivity contribution in [2.24, 2.45) is 0 Å². The molecule has 2 aromatic rings. The zero-order chi connectivity index (χ0) is 20.0. The molecule has 3 aliphatic rings. The molecule has 0 radical (unpaired) electrons. The van der Waals surface area contributed by atoms with Gasteiger partial charge in [0.25, 0.3) is 5.91 Å². The van der Waals surface area contributed by atoms with Crippen LogP contribution in [-0.2, 0) is 27.6 Å². The minimum absolute atomic E-state index is 0.113. The van der Waals surface area contributed by atoms with Gasteiger partial charge in [-0.1, -0.05) is 11.3 Å². The summed E-state index contributed by atoms with van der Waals surface area (Å²) in [6.45, 7) is 2.79. The Morgan fingerprint density at radius 3 is 2.66 bits per heavy atom. The van der Waals surface area contributed by atoms with E-state index in [-0.39, 0.29) is 17.6 Å². The Kier molecular flexibility index (Phi) is 4.64. The van der Waals surface area contributed by atoms with E-state index >= 15 is 0 Å². The number of sulfonamides is 1. The predicted octanol–water partition coefficient (Wildman–Crippen LogP) is 0.485. The molecule has 0 atom stereocenters. The van der Waals surface area contributed by atoms with Gasteiger partial charge in [-0.15, -0.1) is 5.10 Å². The summed E-state index contributed by atoms with van der Waals surface area (Å²) < 4.78 is 34.2. The van der Waals surface area contributed by atoms with Crippen LogP contribution in [0.25, 0.3) is 0 Å². The first-order valence-electron chi connectivity index (χ1n) is 9.93. The van der Waals surface area contributed by atoms with Gasteiger partial charge in [0.2, 0.25) is 10.0 Å². The normalized spacial score (nSPS) is 20.5. The fourth-order valence-corrected chi connectivity index (χ4v) is 5.69. The van der Waals surface area contributed by atoms with E-state index in [0.717, 1.165) is 24.8 Å². The summed E-state index contributed by atoms with van der Waals surface area (Å²) in [6.07, 6.45) is 4.67. The Balaban J connectivity index is 1.25. The lowest BCUT2D eigenvalue weighted by molar-refractivity contribution is 0.0299. The molecule has 0 N–H and O–H groups in total. The molecule has 2 fully saturated rings. The van der Waals surface area contributed by atoms with Crippen LogP contribution in [0.2, 0.25) is 0 Å². The van der Waals surface area contributed by atoms with Crippen LogP contribution in [0.1, 0.15) is 34.1 Å². The summed E-state index contributed by atoms with van der Waals surface area (Å²) in [7, 11) is -3.51. The summed E-state index contributed by atoms with van der Waals surface area (Å²) >= 11 is 0. The molecule has 0 unspecified atom stereocenters. The van der Waals surface area contributed by atoms with E-state index in [9.17, 15) is 13.2 Å². The van der Waals surface area contributed by atoms with Gasteiger partial charge in [-0.25, -0.2) is 13.1 Å². The van der Waals surface area contributed by atoms with Gasteiger partial charge in [-0.05, 0) is 42.5 Å². The van der Waals surface area contributed by atoms with Crippen molar-refractivity contribution in [2.45, 2.75) is 30.2 Å². The van der Waals surface area contributed by atoms with Gasteiger partial charge in [-0.2, -0.15) is 4.31 Å². The van der Waals surface area contributed by atoms with Gasteiger partial charge in [0.05, 0.1) is 30.3 Å². The van der Waals surface area contributed by atoms with E-state index in [1.807, 2.05) is 12.1 Å². The maximum Gasteiger partial charge on any atom is 0.276 e. The van der Waals surface area contributed by atoms with Gasteiger partial charge in [-0.3, -0.25) is 4.79 Å². The fraction of sp³-hybridized carbons (Fsp3) is 0.526. The number of aryl methyl sites for hydroxylation is 2. The number of morpholine rings is 1. The highest BCUT2D eigenvalue weighted by molar-refractivity contribution is 7.89. The standard InChI is InChI=1S/C19H23N5O4S/c25-19(22-6-8-28-9-7-22)18-13-24(21-20-18)16-11-23(12-16)29(26,27)17-5-4-14-2-1-3-15(14)10-17/h4-5,10,13,16H,1-3,6-9,11-12H2. The van der Waals surface area contributed by atoms with Crippen LogP contribution in [0.15, 0.2) is 29.3 Å². The lowest BCUT2D eigenvalue weighted by Gasteiger charge is -2.37. The molecule has 0 spiro atoms. The van der Waals surface area contributed by atoms with Crippen molar-refractivity contribution in [2.75, 3.05) is 39.4 Å². The molecule has 1 aliphatic carbocycles. The molecule has 10 heteroatoms. The first kappa shape index (κ1) is 18.7. The molecule has 3 heterocycles. The molecule has 1 aromatic carbocycles. The van der Waals surface area contributed by atoms with E-state index in [1.54, 1.807) is 21.8 Å². The second-order valence-corrected chi connectivity index (χ2v) is 9.69. The van der Waals surface area contributed by atoms with Crippen molar-refractivity contribution in [1.82, 2.24) is 24.2 Å². The first-order valence-corrected chi connectivity index (χ1v) is 11.4. The Labute approximate surface area is 169 Å². The summed E-state index contributed by atoms with van der Waals surface area (Å²) in [5, 5.41) is 8.05. The fourth-order valence-electron chi connectivity index (χ4n) is 4.12. The number of amides is 1. The minimum atomic E-state index is -3.51. The van der Waals surface area contributed by atoms with Crippen LogP contribution in [-0.4, -0.2) is 77.9 Å².